The van der Waals surface area contributed by atoms with E-state index in [1.54, 1.807) is 12.1 Å². The van der Waals surface area contributed by atoms with Crippen molar-refractivity contribution in [3.05, 3.63) is 60.2 Å². The Bertz CT molecular complexity index is 630. The van der Waals surface area contributed by atoms with Crippen LogP contribution in [-0.4, -0.2) is 6.36 Å². The molecule has 0 aliphatic rings. The molecule has 0 aromatic heterocycles. The van der Waals surface area contributed by atoms with Crippen LogP contribution >= 0.6 is 0 Å². The second-order valence-corrected chi connectivity index (χ2v) is 4.41. The largest absolute Gasteiger partial charge is 0.573 e. The molecular formula is C16H13F3O. The van der Waals surface area contributed by atoms with Gasteiger partial charge in [0.25, 0.3) is 0 Å². The maximum atomic E-state index is 12.2. The van der Waals surface area contributed by atoms with E-state index in [0.29, 0.717) is 5.56 Å². The molecule has 0 bridgehead atoms. The molecule has 0 aliphatic carbocycles. The Morgan fingerprint density at radius 2 is 1.80 bits per heavy atom. The second-order valence-electron chi connectivity index (χ2n) is 4.41. The molecular weight excluding hydrogens is 265 g/mol. The number of benzene rings is 2. The fourth-order valence-electron chi connectivity index (χ4n) is 1.97. The van der Waals surface area contributed by atoms with Crippen molar-refractivity contribution in [2.45, 2.75) is 13.3 Å². The van der Waals surface area contributed by atoms with Crippen LogP contribution in [0.5, 0.6) is 5.75 Å². The minimum atomic E-state index is -4.68. The molecule has 0 heterocycles. The summed E-state index contributed by atoms with van der Waals surface area (Å²) in [4.78, 5) is 0. The van der Waals surface area contributed by atoms with Crippen molar-refractivity contribution in [2.75, 3.05) is 0 Å². The predicted molar refractivity (Wildman–Crippen MR) is 73.4 cm³/mol. The van der Waals surface area contributed by atoms with Gasteiger partial charge in [-0.25, -0.2) is 0 Å². The highest BCUT2D eigenvalue weighted by atomic mass is 19.4. The molecule has 0 spiro atoms. The lowest BCUT2D eigenvalue weighted by molar-refractivity contribution is -0.274. The summed E-state index contributed by atoms with van der Waals surface area (Å²) < 4.78 is 40.6. The Morgan fingerprint density at radius 1 is 1.05 bits per heavy atom. The van der Waals surface area contributed by atoms with E-state index in [-0.39, 0.29) is 5.75 Å². The van der Waals surface area contributed by atoms with Crippen molar-refractivity contribution >= 4 is 6.08 Å². The molecule has 2 aromatic carbocycles. The van der Waals surface area contributed by atoms with Crippen molar-refractivity contribution in [1.82, 2.24) is 0 Å². The molecule has 1 nitrogen and oxygen atoms in total. The van der Waals surface area contributed by atoms with Gasteiger partial charge in [0.15, 0.2) is 0 Å². The highest BCUT2D eigenvalue weighted by molar-refractivity contribution is 5.69. The van der Waals surface area contributed by atoms with Crippen molar-refractivity contribution < 1.29 is 17.9 Å². The maximum Gasteiger partial charge on any atom is 0.573 e. The molecule has 0 unspecified atom stereocenters. The van der Waals surface area contributed by atoms with E-state index in [2.05, 4.69) is 11.3 Å². The molecule has 0 fully saturated rings. The first-order chi connectivity index (χ1) is 9.37. The van der Waals surface area contributed by atoms with Crippen LogP contribution in [0.25, 0.3) is 17.2 Å². The molecule has 104 valence electrons. The number of ether oxygens (including phenoxy) is 1. The van der Waals surface area contributed by atoms with Crippen LogP contribution < -0.4 is 4.74 Å². The highest BCUT2D eigenvalue weighted by Crippen LogP contribution is 2.29. The van der Waals surface area contributed by atoms with Gasteiger partial charge in [0.2, 0.25) is 0 Å². The van der Waals surface area contributed by atoms with Gasteiger partial charge in [0.1, 0.15) is 5.75 Å². The molecule has 0 atom stereocenters. The van der Waals surface area contributed by atoms with E-state index >= 15 is 0 Å². The minimum Gasteiger partial charge on any atom is -0.406 e. The summed E-state index contributed by atoms with van der Waals surface area (Å²) in [6.45, 7) is 5.62. The molecule has 2 aromatic rings. The summed E-state index contributed by atoms with van der Waals surface area (Å²) in [6, 6.07) is 11.6. The fourth-order valence-corrected chi connectivity index (χ4v) is 1.97. The van der Waals surface area contributed by atoms with Gasteiger partial charge >= 0.3 is 6.36 Å². The number of hydrogen-bond donors (Lipinski definition) is 0. The smallest absolute Gasteiger partial charge is 0.406 e. The van der Waals surface area contributed by atoms with Crippen LogP contribution in [0, 0.1) is 6.92 Å². The quantitative estimate of drug-likeness (QED) is 0.749. The first-order valence-electron chi connectivity index (χ1n) is 5.98. The molecule has 20 heavy (non-hydrogen) atoms. The number of halogens is 3. The molecule has 0 amide bonds. The molecule has 0 saturated carbocycles. The number of hydrogen-bond acceptors (Lipinski definition) is 1. The molecule has 2 rings (SSSR count). The Labute approximate surface area is 115 Å². The average Bonchev–Trinajstić information content (AvgIpc) is 2.36. The third kappa shape index (κ3) is 3.63. The van der Waals surface area contributed by atoms with E-state index in [1.165, 1.54) is 18.2 Å². The summed E-state index contributed by atoms with van der Waals surface area (Å²) in [6.07, 6.45) is -2.98. The standard InChI is InChI=1S/C16H13F3O/c1-3-12-7-11(2)8-14(9-12)13-5-4-6-15(10-13)20-16(17,18)19/h3-10H,1H2,2H3. The Kier molecular flexibility index (Phi) is 3.84. The van der Waals surface area contributed by atoms with Crippen LogP contribution in [0.4, 0.5) is 13.2 Å². The lowest BCUT2D eigenvalue weighted by atomic mass is 10.00. The van der Waals surface area contributed by atoms with Crippen LogP contribution in [0.2, 0.25) is 0 Å². The number of aryl methyl sites for hydroxylation is 1. The lowest BCUT2D eigenvalue weighted by Gasteiger charge is -2.11. The van der Waals surface area contributed by atoms with Gasteiger partial charge in [-0.05, 0) is 47.4 Å². The third-order valence-corrected chi connectivity index (χ3v) is 2.74. The van der Waals surface area contributed by atoms with Crippen molar-refractivity contribution in [2.24, 2.45) is 0 Å². The van der Waals surface area contributed by atoms with E-state index < -0.39 is 6.36 Å². The normalized spacial score (nSPS) is 11.2. The van der Waals surface area contributed by atoms with Crippen molar-refractivity contribution in [1.29, 1.82) is 0 Å². The van der Waals surface area contributed by atoms with E-state index in [4.69, 9.17) is 0 Å². The fraction of sp³-hybridized carbons (Fsp3) is 0.125. The van der Waals surface area contributed by atoms with Crippen LogP contribution in [0.1, 0.15) is 11.1 Å². The molecule has 0 radical (unpaired) electrons. The van der Waals surface area contributed by atoms with E-state index in [0.717, 1.165) is 16.7 Å². The molecule has 0 saturated heterocycles. The first-order valence-corrected chi connectivity index (χ1v) is 5.98. The monoisotopic (exact) mass is 278 g/mol. The Hall–Kier alpha value is -2.23. The van der Waals surface area contributed by atoms with Crippen molar-refractivity contribution in [3.8, 4) is 16.9 Å². The number of alkyl halides is 3. The van der Waals surface area contributed by atoms with Gasteiger partial charge in [-0.2, -0.15) is 0 Å². The van der Waals surface area contributed by atoms with Crippen LogP contribution in [0.15, 0.2) is 49.0 Å². The molecule has 0 N–H and O–H groups in total. The van der Waals surface area contributed by atoms with Gasteiger partial charge in [-0.3, -0.25) is 0 Å². The van der Waals surface area contributed by atoms with E-state index in [9.17, 15) is 13.2 Å². The zero-order chi connectivity index (χ0) is 14.8. The van der Waals surface area contributed by atoms with Gasteiger partial charge in [-0.15, -0.1) is 13.2 Å². The first kappa shape index (κ1) is 14.2. The van der Waals surface area contributed by atoms with E-state index in [1.807, 2.05) is 25.1 Å². The molecule has 4 heteroatoms. The highest BCUT2D eigenvalue weighted by Gasteiger charge is 2.31. The summed E-state index contributed by atoms with van der Waals surface area (Å²) in [7, 11) is 0. The number of rotatable bonds is 3. The second kappa shape index (κ2) is 5.41. The topological polar surface area (TPSA) is 9.23 Å². The lowest BCUT2D eigenvalue weighted by Crippen LogP contribution is -2.17. The van der Waals surface area contributed by atoms with Crippen LogP contribution in [0.3, 0.4) is 0 Å². The van der Waals surface area contributed by atoms with Gasteiger partial charge in [0, 0.05) is 0 Å². The summed E-state index contributed by atoms with van der Waals surface area (Å²) in [5, 5.41) is 0. The Morgan fingerprint density at radius 3 is 2.45 bits per heavy atom. The van der Waals surface area contributed by atoms with Gasteiger partial charge in [0.05, 0.1) is 0 Å². The Balaban J connectivity index is 2.40. The van der Waals surface area contributed by atoms with Crippen molar-refractivity contribution in [3.63, 3.8) is 0 Å². The SMILES string of the molecule is C=Cc1cc(C)cc(-c2cccc(OC(F)(F)F)c2)c1. The molecule has 0 aliphatic heterocycles. The summed E-state index contributed by atoms with van der Waals surface area (Å²) in [5.41, 5.74) is 3.42. The average molecular weight is 278 g/mol. The van der Waals surface area contributed by atoms with Gasteiger partial charge in [-0.1, -0.05) is 36.9 Å². The minimum absolute atomic E-state index is 0.225. The summed E-state index contributed by atoms with van der Waals surface area (Å²) in [5.74, 6) is -0.225. The van der Waals surface area contributed by atoms with Crippen LogP contribution in [-0.2, 0) is 0 Å². The summed E-state index contributed by atoms with van der Waals surface area (Å²) >= 11 is 0. The third-order valence-electron chi connectivity index (χ3n) is 2.74. The maximum absolute atomic E-state index is 12.2. The zero-order valence-electron chi connectivity index (χ0n) is 10.9. The predicted octanol–water partition coefficient (Wildman–Crippen LogP) is 5.20. The zero-order valence-corrected chi connectivity index (χ0v) is 10.9. The van der Waals surface area contributed by atoms with Gasteiger partial charge < -0.3 is 4.74 Å².